The van der Waals surface area contributed by atoms with Gasteiger partial charge in [-0.3, -0.25) is 4.99 Å². The lowest BCUT2D eigenvalue weighted by Crippen LogP contribution is -2.39. The van der Waals surface area contributed by atoms with Gasteiger partial charge in [0.1, 0.15) is 18.1 Å². The Kier molecular flexibility index (Phi) is 9.03. The standard InChI is InChI=1S/C19H21F2N3O4.HI/c1-22-19(24-11-13-4-2-3-5-15(13)28-18(20)21)23-8-9-25-14-6-7-16-17(10-14)27-12-26-16;/h2-7,10,18H,8-9,11-12H2,1H3,(H2,22,23,24);1H. The molecule has 3 rings (SSSR count). The van der Waals surface area contributed by atoms with Gasteiger partial charge in [-0.15, -0.1) is 24.0 Å². The first-order valence-electron chi connectivity index (χ1n) is 8.65. The topological polar surface area (TPSA) is 73.3 Å². The minimum atomic E-state index is -2.87. The molecule has 1 aliphatic rings. The maximum atomic E-state index is 12.5. The van der Waals surface area contributed by atoms with Gasteiger partial charge in [-0.2, -0.15) is 8.78 Å². The van der Waals surface area contributed by atoms with E-state index in [0.717, 1.165) is 0 Å². The molecule has 158 valence electrons. The predicted octanol–water partition coefficient (Wildman–Crippen LogP) is 3.38. The van der Waals surface area contributed by atoms with E-state index in [-0.39, 0.29) is 43.1 Å². The van der Waals surface area contributed by atoms with Crippen LogP contribution in [0.4, 0.5) is 8.78 Å². The van der Waals surface area contributed by atoms with Crippen LogP contribution in [-0.2, 0) is 6.54 Å². The molecule has 0 saturated carbocycles. The second kappa shape index (κ2) is 11.5. The number of fused-ring (bicyclic) bond motifs is 1. The van der Waals surface area contributed by atoms with E-state index in [2.05, 4.69) is 20.4 Å². The van der Waals surface area contributed by atoms with E-state index in [9.17, 15) is 8.78 Å². The van der Waals surface area contributed by atoms with Crippen LogP contribution in [-0.4, -0.2) is 39.6 Å². The van der Waals surface area contributed by atoms with Crippen LogP contribution in [0.15, 0.2) is 47.5 Å². The van der Waals surface area contributed by atoms with Gasteiger partial charge in [-0.05, 0) is 18.2 Å². The van der Waals surface area contributed by atoms with Crippen LogP contribution in [0.5, 0.6) is 23.0 Å². The van der Waals surface area contributed by atoms with Crippen LogP contribution >= 0.6 is 24.0 Å². The Bertz CT molecular complexity index is 824. The molecule has 0 bridgehead atoms. The number of ether oxygens (including phenoxy) is 4. The van der Waals surface area contributed by atoms with E-state index in [1.807, 2.05) is 0 Å². The van der Waals surface area contributed by atoms with E-state index < -0.39 is 6.61 Å². The zero-order valence-electron chi connectivity index (χ0n) is 15.7. The number of nitrogens with one attached hydrogen (secondary N) is 2. The summed E-state index contributed by atoms with van der Waals surface area (Å²) in [6.07, 6.45) is 0. The SMILES string of the molecule is CN=C(NCCOc1ccc2c(c1)OCO2)NCc1ccccc1OC(F)F.I. The van der Waals surface area contributed by atoms with Crippen molar-refractivity contribution in [2.24, 2.45) is 4.99 Å². The molecule has 0 amide bonds. The number of nitrogens with zero attached hydrogens (tertiary/aromatic N) is 1. The van der Waals surface area contributed by atoms with Gasteiger partial charge in [0.2, 0.25) is 6.79 Å². The van der Waals surface area contributed by atoms with Gasteiger partial charge < -0.3 is 29.6 Å². The summed E-state index contributed by atoms with van der Waals surface area (Å²) < 4.78 is 45.7. The van der Waals surface area contributed by atoms with E-state index in [1.54, 1.807) is 43.4 Å². The third-order valence-corrected chi connectivity index (χ3v) is 3.87. The zero-order valence-corrected chi connectivity index (χ0v) is 18.0. The highest BCUT2D eigenvalue weighted by atomic mass is 127. The van der Waals surface area contributed by atoms with Crippen LogP contribution in [0, 0.1) is 0 Å². The van der Waals surface area contributed by atoms with Crippen LogP contribution in [0.25, 0.3) is 0 Å². The molecule has 7 nitrogen and oxygen atoms in total. The van der Waals surface area contributed by atoms with Gasteiger partial charge in [0, 0.05) is 25.2 Å². The molecule has 0 saturated heterocycles. The zero-order chi connectivity index (χ0) is 19.8. The third kappa shape index (κ3) is 6.80. The van der Waals surface area contributed by atoms with Crippen molar-refractivity contribution in [3.05, 3.63) is 48.0 Å². The predicted molar refractivity (Wildman–Crippen MR) is 115 cm³/mol. The lowest BCUT2D eigenvalue weighted by molar-refractivity contribution is -0.0504. The van der Waals surface area contributed by atoms with Crippen molar-refractivity contribution in [2.45, 2.75) is 13.2 Å². The Hall–Kier alpha value is -2.50. The van der Waals surface area contributed by atoms with Crippen molar-refractivity contribution in [1.82, 2.24) is 10.6 Å². The molecule has 0 atom stereocenters. The van der Waals surface area contributed by atoms with Gasteiger partial charge in [0.15, 0.2) is 17.5 Å². The summed E-state index contributed by atoms with van der Waals surface area (Å²) in [5.41, 5.74) is 0.599. The minimum absolute atomic E-state index is 0. The van der Waals surface area contributed by atoms with E-state index in [4.69, 9.17) is 14.2 Å². The van der Waals surface area contributed by atoms with Crippen molar-refractivity contribution in [3.8, 4) is 23.0 Å². The van der Waals surface area contributed by atoms with Crippen molar-refractivity contribution in [3.63, 3.8) is 0 Å². The first-order chi connectivity index (χ1) is 13.7. The molecular weight excluding hydrogens is 499 g/mol. The molecule has 2 aromatic rings. The monoisotopic (exact) mass is 521 g/mol. The lowest BCUT2D eigenvalue weighted by Gasteiger charge is -2.14. The highest BCUT2D eigenvalue weighted by Gasteiger charge is 2.13. The largest absolute Gasteiger partial charge is 0.492 e. The maximum absolute atomic E-state index is 12.5. The smallest absolute Gasteiger partial charge is 0.387 e. The average molecular weight is 521 g/mol. The quantitative estimate of drug-likeness (QED) is 0.240. The van der Waals surface area contributed by atoms with Gasteiger partial charge in [-0.25, -0.2) is 0 Å². The first-order valence-corrected chi connectivity index (χ1v) is 8.65. The molecule has 0 fully saturated rings. The normalized spacial score (nSPS) is 12.3. The van der Waals surface area contributed by atoms with Crippen molar-refractivity contribution >= 4 is 29.9 Å². The number of aliphatic imine (C=N–C) groups is 1. The van der Waals surface area contributed by atoms with Crippen LogP contribution in [0.2, 0.25) is 0 Å². The van der Waals surface area contributed by atoms with Gasteiger partial charge >= 0.3 is 6.61 Å². The van der Waals surface area contributed by atoms with E-state index in [1.165, 1.54) is 6.07 Å². The fraction of sp³-hybridized carbons (Fsp3) is 0.316. The molecule has 0 spiro atoms. The molecule has 0 aromatic heterocycles. The highest BCUT2D eigenvalue weighted by molar-refractivity contribution is 14.0. The summed E-state index contributed by atoms with van der Waals surface area (Å²) in [5, 5.41) is 6.15. The number of hydrogen-bond donors (Lipinski definition) is 2. The summed E-state index contributed by atoms with van der Waals surface area (Å²) in [7, 11) is 1.62. The number of hydrogen-bond acceptors (Lipinski definition) is 5. The number of benzene rings is 2. The molecule has 1 aliphatic heterocycles. The number of alkyl halides is 2. The molecule has 2 N–H and O–H groups in total. The number of para-hydroxylation sites is 1. The van der Waals surface area contributed by atoms with Crippen molar-refractivity contribution < 1.29 is 27.7 Å². The van der Waals surface area contributed by atoms with Crippen LogP contribution in [0.3, 0.4) is 0 Å². The van der Waals surface area contributed by atoms with Gasteiger partial charge in [0.05, 0.1) is 6.54 Å². The summed E-state index contributed by atoms with van der Waals surface area (Å²) in [4.78, 5) is 4.10. The third-order valence-electron chi connectivity index (χ3n) is 3.87. The number of halogens is 3. The first kappa shape index (κ1) is 22.8. The fourth-order valence-corrected chi connectivity index (χ4v) is 2.57. The maximum Gasteiger partial charge on any atom is 0.387 e. The fourth-order valence-electron chi connectivity index (χ4n) is 2.57. The van der Waals surface area contributed by atoms with Crippen LogP contribution in [0.1, 0.15) is 5.56 Å². The van der Waals surface area contributed by atoms with E-state index in [0.29, 0.717) is 41.9 Å². The molecular formula is C19H22F2IN3O4. The summed E-state index contributed by atoms with van der Waals surface area (Å²) >= 11 is 0. The van der Waals surface area contributed by atoms with Crippen LogP contribution < -0.4 is 29.6 Å². The highest BCUT2D eigenvalue weighted by Crippen LogP contribution is 2.34. The Labute approximate surface area is 184 Å². The lowest BCUT2D eigenvalue weighted by atomic mass is 10.2. The molecule has 2 aromatic carbocycles. The molecule has 1 heterocycles. The minimum Gasteiger partial charge on any atom is -0.492 e. The molecule has 0 aliphatic carbocycles. The molecule has 29 heavy (non-hydrogen) atoms. The second-order valence-electron chi connectivity index (χ2n) is 5.70. The van der Waals surface area contributed by atoms with Gasteiger partial charge in [0.25, 0.3) is 0 Å². The molecule has 0 radical (unpaired) electrons. The Morgan fingerprint density at radius 2 is 1.93 bits per heavy atom. The molecule has 0 unspecified atom stereocenters. The van der Waals surface area contributed by atoms with Gasteiger partial charge in [-0.1, -0.05) is 18.2 Å². The average Bonchev–Trinajstić information content (AvgIpc) is 3.16. The summed E-state index contributed by atoms with van der Waals surface area (Å²) in [6.45, 7) is -1.49. The Morgan fingerprint density at radius 1 is 1.14 bits per heavy atom. The Balaban J connectivity index is 0.00000300. The number of guanidine groups is 1. The molecule has 10 heteroatoms. The Morgan fingerprint density at radius 3 is 2.72 bits per heavy atom. The second-order valence-corrected chi connectivity index (χ2v) is 5.70. The summed E-state index contributed by atoms with van der Waals surface area (Å²) in [6, 6.07) is 12.0. The van der Waals surface area contributed by atoms with Crippen molar-refractivity contribution in [1.29, 1.82) is 0 Å². The van der Waals surface area contributed by atoms with Crippen molar-refractivity contribution in [2.75, 3.05) is 27.0 Å². The summed E-state index contributed by atoms with van der Waals surface area (Å²) in [5.74, 6) is 2.68. The number of rotatable bonds is 8. The van der Waals surface area contributed by atoms with E-state index >= 15 is 0 Å².